The summed E-state index contributed by atoms with van der Waals surface area (Å²) in [6.07, 6.45) is 1.81. The lowest BCUT2D eigenvalue weighted by Gasteiger charge is -1.91. The molecule has 1 aromatic carbocycles. The van der Waals surface area contributed by atoms with Crippen molar-refractivity contribution in [2.24, 2.45) is 0 Å². The van der Waals surface area contributed by atoms with Gasteiger partial charge in [-0.05, 0) is 12.1 Å². The molecule has 0 aliphatic carbocycles. The van der Waals surface area contributed by atoms with E-state index in [-0.39, 0.29) is 13.8 Å². The molecule has 0 fully saturated rings. The lowest BCUT2D eigenvalue weighted by molar-refractivity contribution is 1.41. The predicted octanol–water partition coefficient (Wildman–Crippen LogP) is 2.77. The quantitative estimate of drug-likeness (QED) is 0.587. The molecule has 0 N–H and O–H groups in total. The number of benzene rings is 1. The molecule has 0 atom stereocenters. The van der Waals surface area contributed by atoms with Crippen molar-refractivity contribution in [2.45, 2.75) is 0 Å². The first-order chi connectivity index (χ1) is 4.97. The van der Waals surface area contributed by atoms with E-state index in [4.69, 9.17) is 0 Å². The van der Waals surface area contributed by atoms with Crippen LogP contribution < -0.4 is 0 Å². The minimum absolute atomic E-state index is 0. The third-order valence-corrected chi connectivity index (χ3v) is 1.51. The highest BCUT2D eigenvalue weighted by Gasteiger charge is 1.86. The second-order valence-electron chi connectivity index (χ2n) is 2.20. The molecule has 0 aliphatic rings. The minimum atomic E-state index is 0. The van der Waals surface area contributed by atoms with Crippen molar-refractivity contribution in [1.29, 1.82) is 0 Å². The Balaban J connectivity index is 0.000000605. The van der Waals surface area contributed by atoms with Gasteiger partial charge in [-0.15, -0.1) is 12.4 Å². The smallest absolute Gasteiger partial charge is 0.256 e. The summed E-state index contributed by atoms with van der Waals surface area (Å²) in [5.41, 5.74) is 1.06. The van der Waals surface area contributed by atoms with Crippen molar-refractivity contribution < 1.29 is 1.43 Å². The van der Waals surface area contributed by atoms with Crippen LogP contribution >= 0.6 is 12.4 Å². The maximum absolute atomic E-state index is 4.18. The molecule has 56 valence electrons. The molecule has 1 aromatic heterocycles. The van der Waals surface area contributed by atoms with Gasteiger partial charge in [-0.1, -0.05) is 24.3 Å². The van der Waals surface area contributed by atoms with Gasteiger partial charge in [-0.2, -0.15) is 0 Å². The van der Waals surface area contributed by atoms with Gasteiger partial charge in [0.15, 0.2) is 0 Å². The van der Waals surface area contributed by atoms with Crippen molar-refractivity contribution in [3.8, 4) is 0 Å². The van der Waals surface area contributed by atoms with E-state index in [1.165, 1.54) is 5.39 Å². The van der Waals surface area contributed by atoms with Gasteiger partial charge in [0.25, 0.3) is 0 Å². The van der Waals surface area contributed by atoms with Crippen LogP contribution in [-0.2, 0) is 0 Å². The SMILES string of the molecule is Cl.[H+].c1ccc2ncccc2c1. The number of hydrogen-bond donors (Lipinski definition) is 0. The number of pyridine rings is 1. The number of fused-ring (bicyclic) bond motifs is 1. The van der Waals surface area contributed by atoms with E-state index in [0.717, 1.165) is 5.52 Å². The van der Waals surface area contributed by atoms with Crippen molar-refractivity contribution in [3.05, 3.63) is 42.6 Å². The number of hydrogen-bond acceptors (Lipinski definition) is 1. The molecule has 2 aromatic rings. The summed E-state index contributed by atoms with van der Waals surface area (Å²) in [6, 6.07) is 12.1. The molecule has 0 radical (unpaired) electrons. The number of rotatable bonds is 0. The fourth-order valence-corrected chi connectivity index (χ4v) is 1.02. The Kier molecular flexibility index (Phi) is 2.44. The molecular formula is C9H9ClN+. The highest BCUT2D eigenvalue weighted by atomic mass is 35.5. The fraction of sp³-hybridized carbons (Fsp3) is 0. The third kappa shape index (κ3) is 1.49. The van der Waals surface area contributed by atoms with E-state index in [2.05, 4.69) is 17.1 Å². The van der Waals surface area contributed by atoms with E-state index < -0.39 is 0 Å². The zero-order valence-electron chi connectivity index (χ0n) is 6.90. The minimum Gasteiger partial charge on any atom is -0.256 e. The highest BCUT2D eigenvalue weighted by Crippen LogP contribution is 2.07. The van der Waals surface area contributed by atoms with Crippen molar-refractivity contribution in [1.82, 2.24) is 4.98 Å². The van der Waals surface area contributed by atoms with Crippen molar-refractivity contribution in [3.63, 3.8) is 0 Å². The van der Waals surface area contributed by atoms with Crippen molar-refractivity contribution in [2.75, 3.05) is 0 Å². The van der Waals surface area contributed by atoms with Crippen molar-refractivity contribution >= 4 is 23.3 Å². The Morgan fingerprint density at radius 3 is 2.55 bits per heavy atom. The van der Waals surface area contributed by atoms with Gasteiger partial charge >= 0.3 is 1.43 Å². The normalized spacial score (nSPS) is 9.09. The molecule has 0 saturated heterocycles. The number of para-hydroxylation sites is 1. The van der Waals surface area contributed by atoms with Gasteiger partial charge in [0, 0.05) is 11.6 Å². The molecular weight excluding hydrogens is 158 g/mol. The molecule has 0 bridgehead atoms. The first kappa shape index (κ1) is 8.02. The van der Waals surface area contributed by atoms with Crippen LogP contribution in [0.25, 0.3) is 10.9 Å². The molecule has 2 heteroatoms. The monoisotopic (exact) mass is 166 g/mol. The molecule has 11 heavy (non-hydrogen) atoms. The molecule has 0 saturated carbocycles. The Labute approximate surface area is 73.0 Å². The average molecular weight is 167 g/mol. The standard InChI is InChI=1S/C9H7N.ClH/c1-2-6-9-8(4-1)5-3-7-10-9;/h1-7H;1H/p+1. The summed E-state index contributed by atoms with van der Waals surface area (Å²) in [5, 5.41) is 1.20. The summed E-state index contributed by atoms with van der Waals surface area (Å²) in [7, 11) is 0. The maximum Gasteiger partial charge on any atom is 1.00 e. The summed E-state index contributed by atoms with van der Waals surface area (Å²) < 4.78 is 0. The van der Waals surface area contributed by atoms with Crippen LogP contribution in [-0.4, -0.2) is 4.98 Å². The van der Waals surface area contributed by atoms with Gasteiger partial charge in [-0.25, -0.2) is 0 Å². The van der Waals surface area contributed by atoms with Crippen LogP contribution in [0.2, 0.25) is 0 Å². The molecule has 0 unspecified atom stereocenters. The van der Waals surface area contributed by atoms with E-state index in [0.29, 0.717) is 0 Å². The van der Waals surface area contributed by atoms with Gasteiger partial charge in [-0.3, -0.25) is 4.98 Å². The Morgan fingerprint density at radius 2 is 1.73 bits per heavy atom. The summed E-state index contributed by atoms with van der Waals surface area (Å²) in [4.78, 5) is 4.18. The second-order valence-corrected chi connectivity index (χ2v) is 2.20. The first-order valence-corrected chi connectivity index (χ1v) is 3.26. The number of nitrogens with zero attached hydrogens (tertiary/aromatic N) is 1. The summed E-state index contributed by atoms with van der Waals surface area (Å²) >= 11 is 0. The Hall–Kier alpha value is -1.08. The predicted molar refractivity (Wildman–Crippen MR) is 50.1 cm³/mol. The van der Waals surface area contributed by atoms with Crippen LogP contribution in [0.15, 0.2) is 42.6 Å². The average Bonchev–Trinajstić information content (AvgIpc) is 2.05. The van der Waals surface area contributed by atoms with Gasteiger partial charge in [0.2, 0.25) is 0 Å². The Morgan fingerprint density at radius 1 is 1.00 bits per heavy atom. The zero-order chi connectivity index (χ0) is 6.81. The number of halogens is 1. The van der Waals surface area contributed by atoms with Gasteiger partial charge in [0.1, 0.15) is 0 Å². The van der Waals surface area contributed by atoms with E-state index >= 15 is 0 Å². The number of aromatic nitrogens is 1. The molecule has 1 heterocycles. The third-order valence-electron chi connectivity index (χ3n) is 1.51. The van der Waals surface area contributed by atoms with Crippen LogP contribution in [0.3, 0.4) is 0 Å². The molecule has 1 nitrogen and oxygen atoms in total. The van der Waals surface area contributed by atoms with Crippen LogP contribution in [0.1, 0.15) is 1.43 Å². The second kappa shape index (κ2) is 3.35. The topological polar surface area (TPSA) is 12.9 Å². The van der Waals surface area contributed by atoms with Gasteiger partial charge < -0.3 is 0 Å². The van der Waals surface area contributed by atoms with Crippen LogP contribution in [0.5, 0.6) is 0 Å². The molecule has 0 spiro atoms. The Bertz CT molecular complexity index is 286. The lowest BCUT2D eigenvalue weighted by atomic mass is 10.2. The van der Waals surface area contributed by atoms with E-state index in [1.807, 2.05) is 30.5 Å². The van der Waals surface area contributed by atoms with E-state index in [9.17, 15) is 0 Å². The fourth-order valence-electron chi connectivity index (χ4n) is 1.02. The van der Waals surface area contributed by atoms with Crippen LogP contribution in [0.4, 0.5) is 0 Å². The van der Waals surface area contributed by atoms with E-state index in [1.54, 1.807) is 0 Å². The largest absolute Gasteiger partial charge is 1.00 e. The first-order valence-electron chi connectivity index (χ1n) is 3.26. The van der Waals surface area contributed by atoms with Crippen LogP contribution in [0, 0.1) is 0 Å². The zero-order valence-corrected chi connectivity index (χ0v) is 6.71. The molecule has 0 aliphatic heterocycles. The summed E-state index contributed by atoms with van der Waals surface area (Å²) in [5.74, 6) is 0. The maximum atomic E-state index is 4.18. The summed E-state index contributed by atoms with van der Waals surface area (Å²) in [6.45, 7) is 0. The highest BCUT2D eigenvalue weighted by molar-refractivity contribution is 5.85. The molecule has 2 rings (SSSR count). The molecule has 0 amide bonds. The van der Waals surface area contributed by atoms with Gasteiger partial charge in [0.05, 0.1) is 5.52 Å². The lowest BCUT2D eigenvalue weighted by Crippen LogP contribution is -1.73.